The summed E-state index contributed by atoms with van der Waals surface area (Å²) < 4.78 is 0. The molecule has 2 rings (SSSR count). The summed E-state index contributed by atoms with van der Waals surface area (Å²) in [5.41, 5.74) is 7.89. The molecule has 4 nitrogen and oxygen atoms in total. The van der Waals surface area contributed by atoms with E-state index in [4.69, 9.17) is 10.8 Å². The molecular formula is C12H16N2O2. The number of carbonyl (C=O) groups excluding carboxylic acids is 1. The lowest BCUT2D eigenvalue weighted by Gasteiger charge is -2.31. The Bertz CT molecular complexity index is 411. The van der Waals surface area contributed by atoms with Crippen molar-refractivity contribution in [3.05, 3.63) is 29.3 Å². The number of nitrogen functional groups attached to an aromatic ring is 1. The summed E-state index contributed by atoms with van der Waals surface area (Å²) in [6.45, 7) is 1.87. The van der Waals surface area contributed by atoms with Crippen molar-refractivity contribution in [2.45, 2.75) is 31.9 Å². The van der Waals surface area contributed by atoms with Crippen LogP contribution in [-0.2, 0) is 0 Å². The smallest absolute Gasteiger partial charge is 0.251 e. The second kappa shape index (κ2) is 4.14. The number of hydrogen-bond acceptors (Lipinski definition) is 3. The van der Waals surface area contributed by atoms with E-state index in [1.165, 1.54) is 0 Å². The molecule has 0 atom stereocenters. The number of anilines is 1. The fourth-order valence-corrected chi connectivity index (χ4v) is 1.79. The molecule has 1 aliphatic carbocycles. The van der Waals surface area contributed by atoms with Gasteiger partial charge in [0.2, 0.25) is 0 Å². The lowest BCUT2D eigenvalue weighted by molar-refractivity contribution is 0.0562. The first-order valence-corrected chi connectivity index (χ1v) is 5.41. The Kier molecular flexibility index (Phi) is 2.83. The Labute approximate surface area is 94.5 Å². The molecule has 4 heteroatoms. The third-order valence-electron chi connectivity index (χ3n) is 2.98. The zero-order valence-corrected chi connectivity index (χ0v) is 9.23. The van der Waals surface area contributed by atoms with E-state index in [9.17, 15) is 4.79 Å². The van der Waals surface area contributed by atoms with Crippen LogP contribution in [0, 0.1) is 6.92 Å². The van der Waals surface area contributed by atoms with Crippen LogP contribution in [0.5, 0.6) is 0 Å². The van der Waals surface area contributed by atoms with Gasteiger partial charge in [-0.3, -0.25) is 4.79 Å². The fraction of sp³-hybridized carbons (Fsp3) is 0.417. The van der Waals surface area contributed by atoms with Crippen molar-refractivity contribution in [1.82, 2.24) is 5.32 Å². The van der Waals surface area contributed by atoms with Crippen LogP contribution in [0.1, 0.15) is 28.8 Å². The topological polar surface area (TPSA) is 75.3 Å². The predicted molar refractivity (Wildman–Crippen MR) is 62.1 cm³/mol. The van der Waals surface area contributed by atoms with Gasteiger partial charge in [0.1, 0.15) is 0 Å². The van der Waals surface area contributed by atoms with Crippen LogP contribution < -0.4 is 11.1 Å². The van der Waals surface area contributed by atoms with Gasteiger partial charge in [0.25, 0.3) is 5.91 Å². The molecule has 1 fully saturated rings. The predicted octanol–water partition coefficient (Wildman–Crippen LogP) is 0.830. The fourth-order valence-electron chi connectivity index (χ4n) is 1.79. The van der Waals surface area contributed by atoms with Gasteiger partial charge in [-0.05, 0) is 43.5 Å². The molecule has 1 aromatic carbocycles. The van der Waals surface area contributed by atoms with Crippen LogP contribution in [0.3, 0.4) is 0 Å². The Morgan fingerprint density at radius 3 is 2.75 bits per heavy atom. The summed E-state index contributed by atoms with van der Waals surface area (Å²) in [5, 5.41) is 12.0. The van der Waals surface area contributed by atoms with Crippen molar-refractivity contribution in [1.29, 1.82) is 0 Å². The van der Waals surface area contributed by atoms with Crippen LogP contribution in [0.4, 0.5) is 5.69 Å². The molecule has 0 radical (unpaired) electrons. The molecule has 0 spiro atoms. The minimum absolute atomic E-state index is 0.0972. The highest BCUT2D eigenvalue weighted by molar-refractivity contribution is 5.95. The first-order valence-electron chi connectivity index (χ1n) is 5.41. The van der Waals surface area contributed by atoms with Crippen LogP contribution >= 0.6 is 0 Å². The van der Waals surface area contributed by atoms with Gasteiger partial charge in [-0.2, -0.15) is 0 Å². The van der Waals surface area contributed by atoms with E-state index in [1.807, 2.05) is 6.92 Å². The van der Waals surface area contributed by atoms with E-state index in [2.05, 4.69) is 5.32 Å². The quantitative estimate of drug-likeness (QED) is 0.646. The minimum Gasteiger partial charge on any atom is -0.399 e. The molecule has 0 aliphatic heterocycles. The summed E-state index contributed by atoms with van der Waals surface area (Å²) in [6, 6.07) is 5.34. The van der Waals surface area contributed by atoms with E-state index >= 15 is 0 Å². The van der Waals surface area contributed by atoms with Gasteiger partial charge in [0.05, 0.1) is 6.10 Å². The highest BCUT2D eigenvalue weighted by atomic mass is 16.3. The van der Waals surface area contributed by atoms with Gasteiger partial charge in [0.15, 0.2) is 0 Å². The number of aliphatic hydroxyl groups excluding tert-OH is 1. The number of amides is 1. The van der Waals surface area contributed by atoms with E-state index < -0.39 is 0 Å². The summed E-state index contributed by atoms with van der Waals surface area (Å²) in [7, 11) is 0. The summed E-state index contributed by atoms with van der Waals surface area (Å²) >= 11 is 0. The molecule has 1 aliphatic rings. The zero-order valence-electron chi connectivity index (χ0n) is 9.23. The van der Waals surface area contributed by atoms with Crippen LogP contribution in [0.15, 0.2) is 18.2 Å². The molecule has 1 amide bonds. The summed E-state index contributed by atoms with van der Waals surface area (Å²) in [5.74, 6) is -0.0972. The minimum atomic E-state index is -0.251. The molecule has 0 aromatic heterocycles. The third-order valence-corrected chi connectivity index (χ3v) is 2.98. The Balaban J connectivity index is 2.01. The molecule has 0 unspecified atom stereocenters. The van der Waals surface area contributed by atoms with Gasteiger partial charge in [-0.25, -0.2) is 0 Å². The average Bonchev–Trinajstić information content (AvgIpc) is 2.19. The van der Waals surface area contributed by atoms with Crippen LogP contribution in [0.2, 0.25) is 0 Å². The second-order valence-corrected chi connectivity index (χ2v) is 4.37. The number of nitrogens with two attached hydrogens (primary N) is 1. The largest absolute Gasteiger partial charge is 0.399 e. The van der Waals surface area contributed by atoms with E-state index in [-0.39, 0.29) is 18.1 Å². The molecule has 1 aromatic rings. The number of aliphatic hydroxyl groups is 1. The summed E-state index contributed by atoms with van der Waals surface area (Å²) in [4.78, 5) is 11.8. The van der Waals surface area contributed by atoms with Gasteiger partial charge < -0.3 is 16.2 Å². The second-order valence-electron chi connectivity index (χ2n) is 4.37. The molecule has 16 heavy (non-hydrogen) atoms. The maximum absolute atomic E-state index is 11.8. The normalized spacial score (nSPS) is 23.6. The number of rotatable bonds is 2. The molecular weight excluding hydrogens is 204 g/mol. The van der Waals surface area contributed by atoms with Gasteiger partial charge >= 0.3 is 0 Å². The van der Waals surface area contributed by atoms with Crippen LogP contribution in [-0.4, -0.2) is 23.2 Å². The van der Waals surface area contributed by atoms with Gasteiger partial charge in [-0.15, -0.1) is 0 Å². The number of benzene rings is 1. The van der Waals surface area contributed by atoms with E-state index in [1.54, 1.807) is 18.2 Å². The maximum atomic E-state index is 11.8. The molecule has 86 valence electrons. The average molecular weight is 220 g/mol. The molecule has 0 bridgehead atoms. The number of carbonyl (C=O) groups is 1. The Morgan fingerprint density at radius 2 is 2.19 bits per heavy atom. The van der Waals surface area contributed by atoms with Crippen molar-refractivity contribution in [3.8, 4) is 0 Å². The van der Waals surface area contributed by atoms with Crippen molar-refractivity contribution in [2.75, 3.05) is 5.73 Å². The third kappa shape index (κ3) is 2.17. The SMILES string of the molecule is Cc1cc(C(=O)NC2CC(O)C2)ccc1N. The van der Waals surface area contributed by atoms with Crippen molar-refractivity contribution < 1.29 is 9.90 Å². The monoisotopic (exact) mass is 220 g/mol. The van der Waals surface area contributed by atoms with Crippen molar-refractivity contribution in [2.24, 2.45) is 0 Å². The lowest BCUT2D eigenvalue weighted by atomic mass is 9.89. The molecule has 0 heterocycles. The number of aryl methyl sites for hydroxylation is 1. The molecule has 1 saturated carbocycles. The summed E-state index contributed by atoms with van der Waals surface area (Å²) in [6.07, 6.45) is 1.05. The standard InChI is InChI=1S/C12H16N2O2/c1-7-4-8(2-3-11(7)13)12(16)14-9-5-10(15)6-9/h2-4,9-10,15H,5-6,13H2,1H3,(H,14,16). The van der Waals surface area contributed by atoms with Gasteiger partial charge in [-0.1, -0.05) is 0 Å². The Hall–Kier alpha value is -1.55. The number of nitrogens with one attached hydrogen (secondary N) is 1. The maximum Gasteiger partial charge on any atom is 0.251 e. The van der Waals surface area contributed by atoms with Gasteiger partial charge in [0, 0.05) is 17.3 Å². The first-order chi connectivity index (χ1) is 7.56. The molecule has 0 saturated heterocycles. The highest BCUT2D eigenvalue weighted by Crippen LogP contribution is 2.20. The van der Waals surface area contributed by atoms with E-state index in [0.717, 1.165) is 5.56 Å². The van der Waals surface area contributed by atoms with Crippen molar-refractivity contribution >= 4 is 11.6 Å². The van der Waals surface area contributed by atoms with Crippen molar-refractivity contribution in [3.63, 3.8) is 0 Å². The lowest BCUT2D eigenvalue weighted by Crippen LogP contribution is -2.46. The highest BCUT2D eigenvalue weighted by Gasteiger charge is 2.28. The first kappa shape index (κ1) is 11.0. The Morgan fingerprint density at radius 1 is 1.50 bits per heavy atom. The van der Waals surface area contributed by atoms with Crippen LogP contribution in [0.25, 0.3) is 0 Å². The zero-order chi connectivity index (χ0) is 11.7. The van der Waals surface area contributed by atoms with E-state index in [0.29, 0.717) is 24.1 Å². The number of hydrogen-bond donors (Lipinski definition) is 3. The molecule has 4 N–H and O–H groups in total.